The molecule has 0 fully saturated rings. The minimum Gasteiger partial charge on any atom is -0.481 e. The lowest BCUT2D eigenvalue weighted by Gasteiger charge is -2.22. The molecular formula is C23H29NO7. The topological polar surface area (TPSA) is 103 Å². The number of hydrogen-bond acceptors (Lipinski definition) is 6. The molecule has 0 aromatic heterocycles. The molecular weight excluding hydrogens is 402 g/mol. The molecule has 0 aliphatic carbocycles. The van der Waals surface area contributed by atoms with E-state index in [2.05, 4.69) is 5.32 Å². The van der Waals surface area contributed by atoms with Crippen molar-refractivity contribution in [3.8, 4) is 11.5 Å². The van der Waals surface area contributed by atoms with Crippen LogP contribution in [0, 0.1) is 5.92 Å². The lowest BCUT2D eigenvalue weighted by Crippen LogP contribution is -2.41. The van der Waals surface area contributed by atoms with Crippen molar-refractivity contribution in [3.05, 3.63) is 60.2 Å². The first-order valence-corrected chi connectivity index (χ1v) is 10.0. The molecule has 0 bridgehead atoms. The van der Waals surface area contributed by atoms with Gasteiger partial charge in [-0.05, 0) is 49.7 Å². The van der Waals surface area contributed by atoms with Crippen molar-refractivity contribution in [1.82, 2.24) is 5.32 Å². The number of carboxylic acid groups (broad SMARTS) is 1. The minimum absolute atomic E-state index is 0.0404. The zero-order valence-corrected chi connectivity index (χ0v) is 17.8. The van der Waals surface area contributed by atoms with Gasteiger partial charge in [-0.15, -0.1) is 0 Å². The van der Waals surface area contributed by atoms with Gasteiger partial charge in [0.15, 0.2) is 0 Å². The van der Waals surface area contributed by atoms with E-state index < -0.39 is 17.9 Å². The Labute approximate surface area is 182 Å². The number of ether oxygens (including phenoxy) is 4. The smallest absolute Gasteiger partial charge is 0.308 e. The first-order valence-electron chi connectivity index (χ1n) is 10.0. The fourth-order valence-electron chi connectivity index (χ4n) is 2.85. The summed E-state index contributed by atoms with van der Waals surface area (Å²) in [4.78, 5) is 24.2. The number of methoxy groups -OCH3 is 1. The van der Waals surface area contributed by atoms with Crippen LogP contribution in [-0.4, -0.2) is 56.7 Å². The summed E-state index contributed by atoms with van der Waals surface area (Å²) >= 11 is 0. The van der Waals surface area contributed by atoms with Crippen molar-refractivity contribution >= 4 is 11.9 Å². The van der Waals surface area contributed by atoms with E-state index in [-0.39, 0.29) is 32.3 Å². The molecule has 2 N–H and O–H groups in total. The van der Waals surface area contributed by atoms with Crippen molar-refractivity contribution in [1.29, 1.82) is 0 Å². The van der Waals surface area contributed by atoms with E-state index >= 15 is 0 Å². The molecule has 2 atom stereocenters. The van der Waals surface area contributed by atoms with Crippen LogP contribution in [0.2, 0.25) is 0 Å². The van der Waals surface area contributed by atoms with Crippen LogP contribution in [-0.2, 0) is 19.0 Å². The van der Waals surface area contributed by atoms with Gasteiger partial charge in [0, 0.05) is 19.3 Å². The molecule has 0 heterocycles. The predicted octanol–water partition coefficient (Wildman–Crippen LogP) is 3.33. The highest BCUT2D eigenvalue weighted by atomic mass is 16.7. The molecule has 0 spiro atoms. The number of carbonyl (C=O) groups is 2. The standard InChI is InChI=1S/C23H29NO7/c1-3-29-16-30-15-19(13-18(14-28-2)23(26)27)24-22(25)17-9-11-21(12-10-17)31-20-7-5-4-6-8-20/h4-12,18-19H,3,13-16H2,1-2H3,(H,24,25)(H,26,27)/t18-,19+/m1/s1. The van der Waals surface area contributed by atoms with Crippen LogP contribution in [0.15, 0.2) is 54.6 Å². The second-order valence-corrected chi connectivity index (χ2v) is 6.82. The van der Waals surface area contributed by atoms with Gasteiger partial charge in [-0.25, -0.2) is 0 Å². The maximum atomic E-state index is 12.7. The number of carbonyl (C=O) groups excluding carboxylic acids is 1. The summed E-state index contributed by atoms with van der Waals surface area (Å²) in [5, 5.41) is 12.2. The molecule has 1 amide bonds. The van der Waals surface area contributed by atoms with Gasteiger partial charge < -0.3 is 29.4 Å². The van der Waals surface area contributed by atoms with Crippen molar-refractivity contribution in [3.63, 3.8) is 0 Å². The quantitative estimate of drug-likeness (QED) is 0.349. The van der Waals surface area contributed by atoms with Crippen LogP contribution in [0.3, 0.4) is 0 Å². The Bertz CT molecular complexity index is 795. The highest BCUT2D eigenvalue weighted by molar-refractivity contribution is 5.94. The molecule has 168 valence electrons. The van der Waals surface area contributed by atoms with Crippen LogP contribution in [0.25, 0.3) is 0 Å². The van der Waals surface area contributed by atoms with E-state index in [0.29, 0.717) is 23.7 Å². The first kappa shape index (κ1) is 24.3. The monoisotopic (exact) mass is 431 g/mol. The molecule has 0 radical (unpaired) electrons. The third kappa shape index (κ3) is 8.75. The molecule has 8 heteroatoms. The largest absolute Gasteiger partial charge is 0.481 e. The second-order valence-electron chi connectivity index (χ2n) is 6.82. The van der Waals surface area contributed by atoms with Crippen molar-refractivity contribution in [2.24, 2.45) is 5.92 Å². The van der Waals surface area contributed by atoms with Gasteiger partial charge in [0.2, 0.25) is 0 Å². The SMILES string of the molecule is CCOCOC[C@H](C[C@H](COC)C(=O)O)NC(=O)c1ccc(Oc2ccccc2)cc1. The molecule has 2 aromatic rings. The molecule has 0 saturated heterocycles. The summed E-state index contributed by atoms with van der Waals surface area (Å²) in [6, 6.07) is 15.5. The van der Waals surface area contributed by atoms with Crippen molar-refractivity contribution < 1.29 is 33.6 Å². The molecule has 31 heavy (non-hydrogen) atoms. The molecule has 8 nitrogen and oxygen atoms in total. The van der Waals surface area contributed by atoms with Gasteiger partial charge in [-0.1, -0.05) is 18.2 Å². The summed E-state index contributed by atoms with van der Waals surface area (Å²) in [5.74, 6) is -0.798. The number of amides is 1. The highest BCUT2D eigenvalue weighted by Gasteiger charge is 2.24. The molecule has 2 aromatic carbocycles. The maximum absolute atomic E-state index is 12.7. The third-order valence-electron chi connectivity index (χ3n) is 4.41. The van der Waals surface area contributed by atoms with Crippen LogP contribution in [0.4, 0.5) is 0 Å². The number of para-hydroxylation sites is 1. The second kappa shape index (κ2) is 13.4. The molecule has 2 rings (SSSR count). The number of hydrogen-bond donors (Lipinski definition) is 2. The number of carboxylic acids is 1. The van der Waals surface area contributed by atoms with E-state index in [1.54, 1.807) is 24.3 Å². The maximum Gasteiger partial charge on any atom is 0.308 e. The van der Waals surface area contributed by atoms with Crippen molar-refractivity contribution in [2.75, 3.05) is 33.7 Å². The zero-order chi connectivity index (χ0) is 22.5. The Morgan fingerprint density at radius 1 is 0.968 bits per heavy atom. The molecule has 0 unspecified atom stereocenters. The normalized spacial score (nSPS) is 12.7. The molecule has 0 saturated carbocycles. The van der Waals surface area contributed by atoms with Gasteiger partial charge in [-0.3, -0.25) is 9.59 Å². The lowest BCUT2D eigenvalue weighted by atomic mass is 10.0. The summed E-state index contributed by atoms with van der Waals surface area (Å²) in [6.45, 7) is 2.56. The molecule has 0 aliphatic heterocycles. The van der Waals surface area contributed by atoms with Gasteiger partial charge in [-0.2, -0.15) is 0 Å². The summed E-state index contributed by atoms with van der Waals surface area (Å²) in [6.07, 6.45) is 0.163. The first-order chi connectivity index (χ1) is 15.0. The van der Waals surface area contributed by atoms with E-state index in [1.165, 1.54) is 7.11 Å². The Morgan fingerprint density at radius 3 is 2.26 bits per heavy atom. The predicted molar refractivity (Wildman–Crippen MR) is 114 cm³/mol. The average molecular weight is 431 g/mol. The Balaban J connectivity index is 2.00. The van der Waals surface area contributed by atoms with Crippen LogP contribution in [0.1, 0.15) is 23.7 Å². The van der Waals surface area contributed by atoms with E-state index in [1.807, 2.05) is 37.3 Å². The number of rotatable bonds is 14. The third-order valence-corrected chi connectivity index (χ3v) is 4.41. The van der Waals surface area contributed by atoms with E-state index in [0.717, 1.165) is 0 Å². The lowest BCUT2D eigenvalue weighted by molar-refractivity contribution is -0.144. The van der Waals surface area contributed by atoms with Crippen LogP contribution >= 0.6 is 0 Å². The Hall–Kier alpha value is -2.94. The van der Waals surface area contributed by atoms with Gasteiger partial charge in [0.05, 0.1) is 25.2 Å². The van der Waals surface area contributed by atoms with Crippen LogP contribution < -0.4 is 10.1 Å². The van der Waals surface area contributed by atoms with Gasteiger partial charge in [0.1, 0.15) is 18.3 Å². The van der Waals surface area contributed by atoms with Gasteiger partial charge in [0.25, 0.3) is 5.91 Å². The highest BCUT2D eigenvalue weighted by Crippen LogP contribution is 2.21. The van der Waals surface area contributed by atoms with Crippen LogP contribution in [0.5, 0.6) is 11.5 Å². The fourth-order valence-corrected chi connectivity index (χ4v) is 2.85. The minimum atomic E-state index is -0.992. The van der Waals surface area contributed by atoms with E-state index in [4.69, 9.17) is 18.9 Å². The Morgan fingerprint density at radius 2 is 1.65 bits per heavy atom. The molecule has 0 aliphatic rings. The van der Waals surface area contributed by atoms with Gasteiger partial charge >= 0.3 is 5.97 Å². The summed E-state index contributed by atoms with van der Waals surface area (Å²) in [7, 11) is 1.44. The summed E-state index contributed by atoms with van der Waals surface area (Å²) in [5.41, 5.74) is 0.425. The summed E-state index contributed by atoms with van der Waals surface area (Å²) < 4.78 is 21.3. The van der Waals surface area contributed by atoms with Crippen molar-refractivity contribution in [2.45, 2.75) is 19.4 Å². The number of benzene rings is 2. The fraction of sp³-hybridized carbons (Fsp3) is 0.391. The number of aliphatic carboxylic acids is 1. The number of nitrogens with one attached hydrogen (secondary N) is 1. The Kier molecular flexibility index (Phi) is 10.5. The average Bonchev–Trinajstić information content (AvgIpc) is 2.77. The zero-order valence-electron chi connectivity index (χ0n) is 17.8. The van der Waals surface area contributed by atoms with E-state index in [9.17, 15) is 14.7 Å².